The van der Waals surface area contributed by atoms with Crippen LogP contribution in [0.15, 0.2) is 35.1 Å². The number of nitrogens with zero attached hydrogens (tertiary/aromatic N) is 6. The molecule has 3 heterocycles. The van der Waals surface area contributed by atoms with E-state index in [-0.39, 0.29) is 12.8 Å². The van der Waals surface area contributed by atoms with Gasteiger partial charge in [0.25, 0.3) is 0 Å². The van der Waals surface area contributed by atoms with Gasteiger partial charge in [0.1, 0.15) is 6.04 Å². The molecule has 29 heavy (non-hydrogen) atoms. The van der Waals surface area contributed by atoms with Crippen LogP contribution in [0.5, 0.6) is 0 Å². The standard InChI is InChI=1S/C19H21BrN8O/c1-4-8-21-18(29)11(2)23-19-24-15-13(6-5-7-14(15)20)17-25-16(26-28(17)19)12-9-22-27(3)10-12/h5-7,9-11H,4,8H2,1-3H3,(H,21,29)(H,23,24)/t11-/m0/s1/i1D. The Kier molecular flexibility index (Phi) is 4.84. The van der Waals surface area contributed by atoms with Gasteiger partial charge in [0.05, 0.1) is 17.3 Å². The fraction of sp³-hybridized carbons (Fsp3) is 0.316. The van der Waals surface area contributed by atoms with E-state index in [9.17, 15) is 4.79 Å². The third kappa shape index (κ3) is 3.67. The summed E-state index contributed by atoms with van der Waals surface area (Å²) < 4.78 is 11.3. The maximum Gasteiger partial charge on any atom is 0.242 e. The summed E-state index contributed by atoms with van der Waals surface area (Å²) in [5, 5.41) is 15.6. The van der Waals surface area contributed by atoms with Crippen LogP contribution in [0.25, 0.3) is 27.9 Å². The molecule has 4 aromatic rings. The van der Waals surface area contributed by atoms with Crippen molar-refractivity contribution in [1.29, 1.82) is 0 Å². The van der Waals surface area contributed by atoms with Crippen LogP contribution in [0, 0.1) is 0 Å². The van der Waals surface area contributed by atoms with Gasteiger partial charge in [0.2, 0.25) is 11.9 Å². The molecule has 0 fully saturated rings. The fourth-order valence-electron chi connectivity index (χ4n) is 2.97. The average molecular weight is 458 g/mol. The molecule has 0 aliphatic carbocycles. The molecule has 150 valence electrons. The smallest absolute Gasteiger partial charge is 0.242 e. The fourth-order valence-corrected chi connectivity index (χ4v) is 3.43. The van der Waals surface area contributed by atoms with E-state index in [0.29, 0.717) is 30.4 Å². The number of amides is 1. The quantitative estimate of drug-likeness (QED) is 0.431. The van der Waals surface area contributed by atoms with Crippen LogP contribution in [0.3, 0.4) is 0 Å². The molecule has 1 amide bonds. The molecule has 2 N–H and O–H groups in total. The van der Waals surface area contributed by atoms with Crippen molar-refractivity contribution >= 4 is 44.3 Å². The lowest BCUT2D eigenvalue weighted by Crippen LogP contribution is -2.38. The first-order valence-corrected chi connectivity index (χ1v) is 9.94. The molecule has 3 aromatic heterocycles. The second-order valence-corrected chi connectivity index (χ2v) is 7.51. The zero-order chi connectivity index (χ0) is 21.3. The second-order valence-electron chi connectivity index (χ2n) is 6.66. The lowest BCUT2D eigenvalue weighted by atomic mass is 10.2. The minimum Gasteiger partial charge on any atom is -0.354 e. The zero-order valence-corrected chi connectivity index (χ0v) is 17.6. The van der Waals surface area contributed by atoms with Crippen LogP contribution in [0.2, 0.25) is 0 Å². The average Bonchev–Trinajstić information content (AvgIpc) is 3.35. The highest BCUT2D eigenvalue weighted by atomic mass is 79.9. The highest BCUT2D eigenvalue weighted by Gasteiger charge is 2.19. The Balaban J connectivity index is 1.78. The van der Waals surface area contributed by atoms with Crippen molar-refractivity contribution < 1.29 is 6.17 Å². The molecular weight excluding hydrogens is 436 g/mol. The van der Waals surface area contributed by atoms with Crippen molar-refractivity contribution in [1.82, 2.24) is 34.7 Å². The summed E-state index contributed by atoms with van der Waals surface area (Å²) in [6.07, 6.45) is 4.16. The van der Waals surface area contributed by atoms with Gasteiger partial charge in [-0.1, -0.05) is 13.0 Å². The molecule has 0 aliphatic heterocycles. The predicted molar refractivity (Wildman–Crippen MR) is 115 cm³/mol. The van der Waals surface area contributed by atoms with Gasteiger partial charge in [-0.05, 0) is 41.4 Å². The molecule has 4 rings (SSSR count). The van der Waals surface area contributed by atoms with Crippen LogP contribution in [0.4, 0.5) is 5.95 Å². The van der Waals surface area contributed by atoms with Gasteiger partial charge < -0.3 is 10.6 Å². The summed E-state index contributed by atoms with van der Waals surface area (Å²) >= 11 is 3.55. The molecule has 0 saturated carbocycles. The first kappa shape index (κ1) is 18.0. The number of anilines is 1. The number of hydrogen-bond acceptors (Lipinski definition) is 6. The molecule has 0 unspecified atom stereocenters. The summed E-state index contributed by atoms with van der Waals surface area (Å²) in [5.74, 6) is 0.765. The van der Waals surface area contributed by atoms with Crippen molar-refractivity contribution in [2.75, 3.05) is 11.9 Å². The van der Waals surface area contributed by atoms with Gasteiger partial charge in [0, 0.05) is 31.0 Å². The Morgan fingerprint density at radius 1 is 1.38 bits per heavy atom. The number of hydrogen-bond donors (Lipinski definition) is 2. The first-order valence-electron chi connectivity index (χ1n) is 9.86. The van der Waals surface area contributed by atoms with Crippen LogP contribution in [0.1, 0.15) is 21.6 Å². The van der Waals surface area contributed by atoms with E-state index in [1.807, 2.05) is 31.4 Å². The summed E-state index contributed by atoms with van der Waals surface area (Å²) in [7, 11) is 1.83. The first-order chi connectivity index (χ1) is 14.5. The third-order valence-electron chi connectivity index (χ3n) is 4.43. The molecule has 9 nitrogen and oxygen atoms in total. The van der Waals surface area contributed by atoms with Gasteiger partial charge in [-0.25, -0.2) is 9.97 Å². The highest BCUT2D eigenvalue weighted by molar-refractivity contribution is 9.10. The van der Waals surface area contributed by atoms with E-state index in [2.05, 4.69) is 36.8 Å². The van der Waals surface area contributed by atoms with E-state index in [1.165, 1.54) is 0 Å². The van der Waals surface area contributed by atoms with Crippen LogP contribution < -0.4 is 10.6 Å². The third-order valence-corrected chi connectivity index (χ3v) is 5.07. The normalized spacial score (nSPS) is 12.9. The molecule has 0 spiro atoms. The molecular formula is C19H21BrN8O. The second kappa shape index (κ2) is 7.78. The van der Waals surface area contributed by atoms with Crippen LogP contribution in [-0.2, 0) is 11.8 Å². The summed E-state index contributed by atoms with van der Waals surface area (Å²) in [4.78, 5) is 21.8. The summed E-state index contributed by atoms with van der Waals surface area (Å²) in [6, 6.07) is 5.22. The van der Waals surface area contributed by atoms with Crippen molar-refractivity contribution in [3.63, 3.8) is 0 Å². The lowest BCUT2D eigenvalue weighted by molar-refractivity contribution is -0.121. The van der Waals surface area contributed by atoms with E-state index >= 15 is 0 Å². The molecule has 0 radical (unpaired) electrons. The number of rotatable bonds is 6. The molecule has 0 aliphatic rings. The Morgan fingerprint density at radius 3 is 3.00 bits per heavy atom. The van der Waals surface area contributed by atoms with E-state index < -0.39 is 6.04 Å². The van der Waals surface area contributed by atoms with Crippen molar-refractivity contribution in [2.45, 2.75) is 26.3 Å². The molecule has 0 bridgehead atoms. The van der Waals surface area contributed by atoms with Crippen LogP contribution in [-0.4, -0.2) is 47.9 Å². The number of nitrogens with one attached hydrogen (secondary N) is 2. The molecule has 1 aromatic carbocycles. The number of benzene rings is 1. The highest BCUT2D eigenvalue weighted by Crippen LogP contribution is 2.28. The summed E-state index contributed by atoms with van der Waals surface area (Å²) in [6.45, 7) is 2.50. The largest absolute Gasteiger partial charge is 0.354 e. The van der Waals surface area contributed by atoms with Crippen LogP contribution >= 0.6 is 15.9 Å². The lowest BCUT2D eigenvalue weighted by Gasteiger charge is -2.15. The number of fused-ring (bicyclic) bond motifs is 3. The van der Waals surface area contributed by atoms with E-state index in [0.717, 1.165) is 20.9 Å². The minimum atomic E-state index is -0.544. The number of aryl methyl sites for hydroxylation is 1. The van der Waals surface area contributed by atoms with Gasteiger partial charge in [-0.15, -0.1) is 5.10 Å². The van der Waals surface area contributed by atoms with Gasteiger partial charge >= 0.3 is 0 Å². The van der Waals surface area contributed by atoms with E-state index in [1.54, 1.807) is 22.3 Å². The Hall–Kier alpha value is -3.01. The Morgan fingerprint density at radius 2 is 2.24 bits per heavy atom. The maximum absolute atomic E-state index is 12.4. The maximum atomic E-state index is 12.4. The SMILES string of the molecule is [2H]CCCNC(=O)[C@H](C)Nc1nc2c(Br)cccc2c2nc(-c3cnn(C)c3)nn12. The monoisotopic (exact) mass is 457 g/mol. The van der Waals surface area contributed by atoms with Crippen molar-refractivity contribution in [3.8, 4) is 11.4 Å². The summed E-state index contributed by atoms with van der Waals surface area (Å²) in [5.41, 5.74) is 2.14. The van der Waals surface area contributed by atoms with Gasteiger partial charge in [-0.3, -0.25) is 9.48 Å². The van der Waals surface area contributed by atoms with Crippen molar-refractivity contribution in [2.24, 2.45) is 7.05 Å². The number of carbonyl (C=O) groups excluding carboxylic acids is 1. The number of aromatic nitrogens is 6. The zero-order valence-electron chi connectivity index (χ0n) is 17.1. The molecule has 0 saturated heterocycles. The molecule has 10 heteroatoms. The Labute approximate surface area is 177 Å². The molecule has 1 atom stereocenters. The van der Waals surface area contributed by atoms with E-state index in [4.69, 9.17) is 11.3 Å². The van der Waals surface area contributed by atoms with Gasteiger partial charge in [-0.2, -0.15) is 9.61 Å². The number of para-hydroxylation sites is 1. The van der Waals surface area contributed by atoms with Crippen molar-refractivity contribution in [3.05, 3.63) is 35.1 Å². The topological polar surface area (TPSA) is 102 Å². The Bertz CT molecular complexity index is 1220. The minimum absolute atomic E-state index is 0.168. The van der Waals surface area contributed by atoms with Gasteiger partial charge in [0.15, 0.2) is 11.5 Å². The number of halogens is 1. The number of carbonyl (C=O) groups is 1. The predicted octanol–water partition coefficient (Wildman–Crippen LogP) is 2.77.